The first-order chi connectivity index (χ1) is 10.5. The fourth-order valence-corrected chi connectivity index (χ4v) is 2.03. The summed E-state index contributed by atoms with van der Waals surface area (Å²) in [6.07, 6.45) is 3.04. The Balaban J connectivity index is 2.44. The minimum absolute atomic E-state index is 0.216. The molecule has 1 N–H and O–H groups in total. The molecular weight excluding hydrogens is 278 g/mol. The monoisotopic (exact) mass is 307 g/mol. The van der Waals surface area contributed by atoms with Crippen molar-refractivity contribution in [3.05, 3.63) is 29.8 Å². The van der Waals surface area contributed by atoms with Crippen LogP contribution in [-0.4, -0.2) is 31.3 Å². The molecule has 0 saturated heterocycles. The van der Waals surface area contributed by atoms with Crippen molar-refractivity contribution in [2.24, 2.45) is 0 Å². The highest BCUT2D eigenvalue weighted by Gasteiger charge is 2.27. The van der Waals surface area contributed by atoms with E-state index in [1.165, 1.54) is 5.56 Å². The quantitative estimate of drug-likeness (QED) is 0.532. The zero-order valence-electron chi connectivity index (χ0n) is 14.3. The van der Waals surface area contributed by atoms with Gasteiger partial charge in [0.1, 0.15) is 11.3 Å². The lowest BCUT2D eigenvalue weighted by molar-refractivity contribution is -0.149. The molecule has 0 fully saturated rings. The molecule has 0 amide bonds. The van der Waals surface area contributed by atoms with Gasteiger partial charge in [-0.15, -0.1) is 0 Å². The summed E-state index contributed by atoms with van der Waals surface area (Å²) in [7, 11) is 0. The first kappa shape index (κ1) is 18.5. The molecule has 0 unspecified atom stereocenters. The Hall–Kier alpha value is -1.55. The minimum atomic E-state index is -0.661. The van der Waals surface area contributed by atoms with E-state index >= 15 is 0 Å². The van der Waals surface area contributed by atoms with E-state index in [-0.39, 0.29) is 5.97 Å². The maximum Gasteiger partial charge on any atom is 0.325 e. The molecule has 1 aromatic carbocycles. The van der Waals surface area contributed by atoms with Crippen LogP contribution < -0.4 is 10.1 Å². The third-order valence-corrected chi connectivity index (χ3v) is 3.43. The van der Waals surface area contributed by atoms with E-state index in [4.69, 9.17) is 9.47 Å². The smallest absolute Gasteiger partial charge is 0.325 e. The molecular formula is C18H29NO3. The van der Waals surface area contributed by atoms with Gasteiger partial charge < -0.3 is 14.8 Å². The van der Waals surface area contributed by atoms with E-state index < -0.39 is 5.54 Å². The van der Waals surface area contributed by atoms with E-state index in [0.29, 0.717) is 13.2 Å². The van der Waals surface area contributed by atoms with E-state index in [1.807, 2.05) is 32.9 Å². The summed E-state index contributed by atoms with van der Waals surface area (Å²) >= 11 is 0. The van der Waals surface area contributed by atoms with Crippen LogP contribution >= 0.6 is 0 Å². The second kappa shape index (κ2) is 9.46. The molecule has 0 radical (unpaired) electrons. The Morgan fingerprint density at radius 1 is 1.27 bits per heavy atom. The summed E-state index contributed by atoms with van der Waals surface area (Å²) in [6, 6.07) is 8.13. The van der Waals surface area contributed by atoms with E-state index in [2.05, 4.69) is 24.4 Å². The van der Waals surface area contributed by atoms with Gasteiger partial charge in [0.05, 0.1) is 13.2 Å². The summed E-state index contributed by atoms with van der Waals surface area (Å²) in [6.45, 7) is 9.53. The molecule has 0 saturated carbocycles. The van der Waals surface area contributed by atoms with Crippen molar-refractivity contribution in [1.29, 1.82) is 0 Å². The van der Waals surface area contributed by atoms with Crippen LogP contribution in [0.3, 0.4) is 0 Å². The standard InChI is InChI=1S/C18H29NO3/c1-5-7-13-22-16-10-8-9-15(14-16)11-12-19-18(3,4)17(20)21-6-2/h8-10,14,19H,5-7,11-13H2,1-4H3. The molecule has 0 aliphatic heterocycles. The summed E-state index contributed by atoms with van der Waals surface area (Å²) in [5, 5.41) is 3.25. The highest BCUT2D eigenvalue weighted by molar-refractivity contribution is 5.79. The largest absolute Gasteiger partial charge is 0.494 e. The highest BCUT2D eigenvalue weighted by Crippen LogP contribution is 2.14. The third-order valence-electron chi connectivity index (χ3n) is 3.43. The molecule has 0 spiro atoms. The molecule has 0 atom stereocenters. The zero-order valence-corrected chi connectivity index (χ0v) is 14.3. The second-order valence-corrected chi connectivity index (χ2v) is 5.87. The van der Waals surface area contributed by atoms with Crippen molar-refractivity contribution in [2.75, 3.05) is 19.8 Å². The second-order valence-electron chi connectivity index (χ2n) is 5.87. The molecule has 4 nitrogen and oxygen atoms in total. The molecule has 22 heavy (non-hydrogen) atoms. The summed E-state index contributed by atoms with van der Waals surface area (Å²) in [5.74, 6) is 0.697. The summed E-state index contributed by atoms with van der Waals surface area (Å²) in [5.41, 5.74) is 0.534. The Morgan fingerprint density at radius 2 is 2.05 bits per heavy atom. The number of carbonyl (C=O) groups is 1. The Labute approximate surface area is 134 Å². The number of hydrogen-bond acceptors (Lipinski definition) is 4. The van der Waals surface area contributed by atoms with Gasteiger partial charge in [-0.1, -0.05) is 25.5 Å². The maximum atomic E-state index is 11.8. The van der Waals surface area contributed by atoms with Gasteiger partial charge in [0.25, 0.3) is 0 Å². The summed E-state index contributed by atoms with van der Waals surface area (Å²) < 4.78 is 10.8. The van der Waals surface area contributed by atoms with Crippen LogP contribution in [0.25, 0.3) is 0 Å². The van der Waals surface area contributed by atoms with Crippen molar-refractivity contribution in [1.82, 2.24) is 5.32 Å². The van der Waals surface area contributed by atoms with Gasteiger partial charge in [-0.3, -0.25) is 4.79 Å². The first-order valence-corrected chi connectivity index (χ1v) is 8.13. The van der Waals surface area contributed by atoms with Gasteiger partial charge in [0, 0.05) is 6.54 Å². The average Bonchev–Trinajstić information content (AvgIpc) is 2.48. The summed E-state index contributed by atoms with van der Waals surface area (Å²) in [4.78, 5) is 11.8. The number of rotatable bonds is 10. The van der Waals surface area contributed by atoms with Crippen molar-refractivity contribution >= 4 is 5.97 Å². The molecule has 0 heterocycles. The van der Waals surface area contributed by atoms with Crippen molar-refractivity contribution < 1.29 is 14.3 Å². The van der Waals surface area contributed by atoms with Crippen LogP contribution in [0.1, 0.15) is 46.1 Å². The molecule has 0 aromatic heterocycles. The predicted molar refractivity (Wildman–Crippen MR) is 89.3 cm³/mol. The number of nitrogens with one attached hydrogen (secondary N) is 1. The number of benzene rings is 1. The van der Waals surface area contributed by atoms with E-state index in [0.717, 1.165) is 31.6 Å². The van der Waals surface area contributed by atoms with Crippen LogP contribution in [0.5, 0.6) is 5.75 Å². The van der Waals surface area contributed by atoms with Crippen LogP contribution in [0, 0.1) is 0 Å². The lowest BCUT2D eigenvalue weighted by Crippen LogP contribution is -2.48. The normalized spacial score (nSPS) is 11.3. The molecule has 4 heteroatoms. The van der Waals surface area contributed by atoms with E-state index in [9.17, 15) is 4.79 Å². The first-order valence-electron chi connectivity index (χ1n) is 8.13. The highest BCUT2D eigenvalue weighted by atomic mass is 16.5. The van der Waals surface area contributed by atoms with Gasteiger partial charge in [0.15, 0.2) is 0 Å². The van der Waals surface area contributed by atoms with Crippen molar-refractivity contribution in [3.63, 3.8) is 0 Å². The topological polar surface area (TPSA) is 47.6 Å². The molecule has 124 valence electrons. The number of unbranched alkanes of at least 4 members (excludes halogenated alkanes) is 1. The number of esters is 1. The number of ether oxygens (including phenoxy) is 2. The molecule has 0 aliphatic rings. The van der Waals surface area contributed by atoms with Crippen LogP contribution in [0.15, 0.2) is 24.3 Å². The third kappa shape index (κ3) is 6.48. The minimum Gasteiger partial charge on any atom is -0.494 e. The fourth-order valence-electron chi connectivity index (χ4n) is 2.03. The molecule has 0 aliphatic carbocycles. The van der Waals surface area contributed by atoms with Gasteiger partial charge in [-0.25, -0.2) is 0 Å². The number of carbonyl (C=O) groups excluding carboxylic acids is 1. The molecule has 1 rings (SSSR count). The fraction of sp³-hybridized carbons (Fsp3) is 0.611. The van der Waals surface area contributed by atoms with Gasteiger partial charge >= 0.3 is 5.97 Å². The average molecular weight is 307 g/mol. The van der Waals surface area contributed by atoms with Gasteiger partial charge in [-0.2, -0.15) is 0 Å². The van der Waals surface area contributed by atoms with Crippen LogP contribution in [0.2, 0.25) is 0 Å². The van der Waals surface area contributed by atoms with Gasteiger partial charge in [0.2, 0.25) is 0 Å². The molecule has 1 aromatic rings. The van der Waals surface area contributed by atoms with Gasteiger partial charge in [-0.05, 0) is 51.3 Å². The Kier molecular flexibility index (Phi) is 7.96. The lowest BCUT2D eigenvalue weighted by atomic mass is 10.1. The lowest BCUT2D eigenvalue weighted by Gasteiger charge is -2.23. The number of hydrogen-bond donors (Lipinski definition) is 1. The van der Waals surface area contributed by atoms with Crippen LogP contribution in [-0.2, 0) is 16.0 Å². The van der Waals surface area contributed by atoms with E-state index in [1.54, 1.807) is 0 Å². The zero-order chi connectivity index (χ0) is 16.4. The maximum absolute atomic E-state index is 11.8. The van der Waals surface area contributed by atoms with Crippen LogP contribution in [0.4, 0.5) is 0 Å². The Bertz CT molecular complexity index is 457. The molecule has 0 bridgehead atoms. The van der Waals surface area contributed by atoms with Crippen molar-refractivity contribution in [2.45, 2.75) is 52.5 Å². The predicted octanol–water partition coefficient (Wildman–Crippen LogP) is 3.34. The Morgan fingerprint density at radius 3 is 2.73 bits per heavy atom. The van der Waals surface area contributed by atoms with Crippen molar-refractivity contribution in [3.8, 4) is 5.75 Å². The SMILES string of the molecule is CCCCOc1cccc(CCNC(C)(C)C(=O)OCC)c1.